The molecular weight excluding hydrogens is 214 g/mol. The lowest BCUT2D eigenvalue weighted by molar-refractivity contribution is 0.752. The van der Waals surface area contributed by atoms with E-state index in [4.69, 9.17) is 0 Å². The monoisotopic (exact) mass is 231 g/mol. The molecule has 2 aromatic rings. The van der Waals surface area contributed by atoms with Crippen LogP contribution in [-0.2, 0) is 0 Å². The molecule has 0 bridgehead atoms. The average molecular weight is 231 g/mol. The number of hydrogen-bond acceptors (Lipinski definition) is 4. The first kappa shape index (κ1) is 10.5. The third-order valence-electron chi connectivity index (χ3n) is 3.45. The van der Waals surface area contributed by atoms with E-state index in [-0.39, 0.29) is 0 Å². The highest BCUT2D eigenvalue weighted by atomic mass is 15.4. The predicted molar refractivity (Wildman–Crippen MR) is 66.1 cm³/mol. The van der Waals surface area contributed by atoms with Gasteiger partial charge in [-0.25, -0.2) is 4.98 Å². The first-order chi connectivity index (χ1) is 8.25. The molecule has 1 N–H and O–H groups in total. The van der Waals surface area contributed by atoms with Crippen molar-refractivity contribution in [1.82, 2.24) is 19.6 Å². The zero-order valence-electron chi connectivity index (χ0n) is 10.3. The summed E-state index contributed by atoms with van der Waals surface area (Å²) in [5, 5.41) is 7.69. The summed E-state index contributed by atoms with van der Waals surface area (Å²) in [6.45, 7) is 5.09. The first-order valence-corrected chi connectivity index (χ1v) is 6.16. The Morgan fingerprint density at radius 3 is 3.00 bits per heavy atom. The highest BCUT2D eigenvalue weighted by molar-refractivity contribution is 5.51. The number of hydrogen-bond donors (Lipinski definition) is 1. The lowest BCUT2D eigenvalue weighted by Crippen LogP contribution is -2.11. The molecule has 17 heavy (non-hydrogen) atoms. The summed E-state index contributed by atoms with van der Waals surface area (Å²) in [5.41, 5.74) is 2.17. The van der Waals surface area contributed by atoms with Gasteiger partial charge >= 0.3 is 0 Å². The van der Waals surface area contributed by atoms with Crippen LogP contribution in [0.15, 0.2) is 6.33 Å². The van der Waals surface area contributed by atoms with Gasteiger partial charge < -0.3 is 5.32 Å². The van der Waals surface area contributed by atoms with Crippen LogP contribution in [0.1, 0.15) is 30.5 Å². The second-order valence-corrected chi connectivity index (χ2v) is 4.80. The molecule has 90 valence electrons. The van der Waals surface area contributed by atoms with Crippen molar-refractivity contribution in [3.63, 3.8) is 0 Å². The Labute approximate surface area is 100 Å². The molecular formula is C12H17N5. The zero-order valence-corrected chi connectivity index (χ0v) is 10.3. The number of nitrogens with zero attached hydrogens (tertiary/aromatic N) is 4. The van der Waals surface area contributed by atoms with Crippen LogP contribution < -0.4 is 5.32 Å². The van der Waals surface area contributed by atoms with Crippen LogP contribution in [0, 0.1) is 19.8 Å². The number of anilines is 1. The van der Waals surface area contributed by atoms with Gasteiger partial charge in [0.25, 0.3) is 5.78 Å². The van der Waals surface area contributed by atoms with Gasteiger partial charge in [0, 0.05) is 17.8 Å². The summed E-state index contributed by atoms with van der Waals surface area (Å²) in [6, 6.07) is 0. The summed E-state index contributed by atoms with van der Waals surface area (Å²) in [6.07, 6.45) is 5.59. The molecule has 0 saturated heterocycles. The van der Waals surface area contributed by atoms with E-state index in [9.17, 15) is 0 Å². The van der Waals surface area contributed by atoms with Crippen molar-refractivity contribution in [2.45, 2.75) is 33.1 Å². The number of nitrogens with one attached hydrogen (secondary N) is 1. The van der Waals surface area contributed by atoms with Crippen molar-refractivity contribution in [2.75, 3.05) is 11.9 Å². The van der Waals surface area contributed by atoms with E-state index < -0.39 is 0 Å². The fourth-order valence-corrected chi connectivity index (χ4v) is 2.04. The Balaban J connectivity index is 1.88. The van der Waals surface area contributed by atoms with Crippen LogP contribution in [0.25, 0.3) is 5.78 Å². The SMILES string of the molecule is Cc1nc2ncnn2c(NCCC2CC2)c1C. The Hall–Kier alpha value is -1.65. The van der Waals surface area contributed by atoms with Gasteiger partial charge in [0.2, 0.25) is 0 Å². The van der Waals surface area contributed by atoms with E-state index in [1.807, 2.05) is 6.92 Å². The second kappa shape index (κ2) is 3.98. The van der Waals surface area contributed by atoms with Crippen LogP contribution in [0.4, 0.5) is 5.82 Å². The Kier molecular flexibility index (Phi) is 2.46. The molecule has 2 heterocycles. The van der Waals surface area contributed by atoms with E-state index in [0.29, 0.717) is 5.78 Å². The van der Waals surface area contributed by atoms with Crippen LogP contribution in [0.2, 0.25) is 0 Å². The number of fused-ring (bicyclic) bond motifs is 1. The van der Waals surface area contributed by atoms with Gasteiger partial charge in [0.05, 0.1) is 0 Å². The summed E-state index contributed by atoms with van der Waals surface area (Å²) in [4.78, 5) is 8.54. The van der Waals surface area contributed by atoms with Crippen LogP contribution in [0.5, 0.6) is 0 Å². The van der Waals surface area contributed by atoms with Gasteiger partial charge in [0.1, 0.15) is 12.1 Å². The molecule has 0 aliphatic heterocycles. The third kappa shape index (κ3) is 1.97. The Bertz CT molecular complexity index is 541. The quantitative estimate of drug-likeness (QED) is 0.873. The van der Waals surface area contributed by atoms with Crippen molar-refractivity contribution in [2.24, 2.45) is 5.92 Å². The second-order valence-electron chi connectivity index (χ2n) is 4.80. The molecule has 0 radical (unpaired) electrons. The minimum Gasteiger partial charge on any atom is -0.370 e. The van der Waals surface area contributed by atoms with Gasteiger partial charge in [-0.05, 0) is 26.2 Å². The molecule has 0 spiro atoms. The van der Waals surface area contributed by atoms with Gasteiger partial charge in [-0.2, -0.15) is 14.6 Å². The van der Waals surface area contributed by atoms with Gasteiger partial charge in [-0.1, -0.05) is 12.8 Å². The summed E-state index contributed by atoms with van der Waals surface area (Å²) in [7, 11) is 0. The molecule has 5 heteroatoms. The number of aromatic nitrogens is 4. The van der Waals surface area contributed by atoms with Crippen molar-refractivity contribution in [1.29, 1.82) is 0 Å². The lowest BCUT2D eigenvalue weighted by atomic mass is 10.2. The molecule has 1 aliphatic rings. The first-order valence-electron chi connectivity index (χ1n) is 6.16. The van der Waals surface area contributed by atoms with Gasteiger partial charge in [-0.15, -0.1) is 0 Å². The zero-order chi connectivity index (χ0) is 11.8. The highest BCUT2D eigenvalue weighted by Gasteiger charge is 2.20. The molecule has 1 saturated carbocycles. The number of aryl methyl sites for hydroxylation is 1. The van der Waals surface area contributed by atoms with Crippen molar-refractivity contribution < 1.29 is 0 Å². The molecule has 1 aliphatic carbocycles. The Morgan fingerprint density at radius 1 is 1.41 bits per heavy atom. The largest absolute Gasteiger partial charge is 0.370 e. The van der Waals surface area contributed by atoms with E-state index in [1.54, 1.807) is 10.8 Å². The fraction of sp³-hybridized carbons (Fsp3) is 0.583. The summed E-state index contributed by atoms with van der Waals surface area (Å²) >= 11 is 0. The Morgan fingerprint density at radius 2 is 2.24 bits per heavy atom. The minimum atomic E-state index is 0.669. The molecule has 0 atom stereocenters. The average Bonchev–Trinajstić information content (AvgIpc) is 3.02. The van der Waals surface area contributed by atoms with Crippen molar-refractivity contribution in [3.8, 4) is 0 Å². The maximum atomic E-state index is 4.40. The standard InChI is InChI=1S/C12H17N5/c1-8-9(2)16-12-14-7-15-17(12)11(8)13-6-5-10-3-4-10/h7,10,13H,3-6H2,1-2H3. The lowest BCUT2D eigenvalue weighted by Gasteiger charge is -2.12. The topological polar surface area (TPSA) is 55.1 Å². The molecule has 0 amide bonds. The number of rotatable bonds is 4. The van der Waals surface area contributed by atoms with E-state index in [2.05, 4.69) is 27.3 Å². The molecule has 3 rings (SSSR count). The smallest absolute Gasteiger partial charge is 0.254 e. The maximum absolute atomic E-state index is 4.40. The third-order valence-corrected chi connectivity index (χ3v) is 3.45. The van der Waals surface area contributed by atoms with E-state index >= 15 is 0 Å². The van der Waals surface area contributed by atoms with E-state index in [0.717, 1.165) is 29.5 Å². The molecule has 0 unspecified atom stereocenters. The van der Waals surface area contributed by atoms with Gasteiger partial charge in [-0.3, -0.25) is 0 Å². The van der Waals surface area contributed by atoms with Crippen molar-refractivity contribution in [3.05, 3.63) is 17.6 Å². The summed E-state index contributed by atoms with van der Waals surface area (Å²) in [5.74, 6) is 2.64. The highest BCUT2D eigenvalue weighted by Crippen LogP contribution is 2.32. The molecule has 5 nitrogen and oxygen atoms in total. The predicted octanol–water partition coefficient (Wildman–Crippen LogP) is 1.95. The normalized spacial score (nSPS) is 15.4. The minimum absolute atomic E-state index is 0.669. The van der Waals surface area contributed by atoms with E-state index in [1.165, 1.54) is 19.3 Å². The molecule has 2 aromatic heterocycles. The summed E-state index contributed by atoms with van der Waals surface area (Å²) < 4.78 is 1.79. The van der Waals surface area contributed by atoms with Crippen molar-refractivity contribution >= 4 is 11.6 Å². The van der Waals surface area contributed by atoms with Crippen LogP contribution in [-0.4, -0.2) is 26.1 Å². The van der Waals surface area contributed by atoms with Gasteiger partial charge in [0.15, 0.2) is 0 Å². The van der Waals surface area contributed by atoms with Crippen LogP contribution >= 0.6 is 0 Å². The maximum Gasteiger partial charge on any atom is 0.254 e. The fourth-order valence-electron chi connectivity index (χ4n) is 2.04. The molecule has 1 fully saturated rings. The molecule has 0 aromatic carbocycles. The van der Waals surface area contributed by atoms with Crippen LogP contribution in [0.3, 0.4) is 0 Å².